The molecule has 2 rings (SSSR count). The third-order valence-electron chi connectivity index (χ3n) is 4.17. The van der Waals surface area contributed by atoms with Crippen LogP contribution in [0, 0.1) is 5.82 Å². The van der Waals surface area contributed by atoms with Crippen LogP contribution in [0.1, 0.15) is 28.0 Å². The van der Waals surface area contributed by atoms with Crippen LogP contribution in [0.4, 0.5) is 4.39 Å². The number of hydrogen-bond donors (Lipinski definition) is 0. The van der Waals surface area contributed by atoms with Crippen molar-refractivity contribution in [2.45, 2.75) is 12.1 Å². The minimum absolute atomic E-state index is 0.0803. The van der Waals surface area contributed by atoms with Gasteiger partial charge in [-0.1, -0.05) is 54.6 Å². The summed E-state index contributed by atoms with van der Waals surface area (Å²) in [5, 5.41) is 0. The van der Waals surface area contributed by atoms with Crippen LogP contribution in [-0.2, 0) is 4.57 Å². The number of ketones is 1. The molecule has 4 heteroatoms. The second-order valence-electron chi connectivity index (χ2n) is 5.96. The Morgan fingerprint density at radius 3 is 2.08 bits per heavy atom. The monoisotopic (exact) mass is 356 g/mol. The molecule has 25 heavy (non-hydrogen) atoms. The van der Waals surface area contributed by atoms with Gasteiger partial charge in [0.15, 0.2) is 5.78 Å². The second kappa shape index (κ2) is 8.73. The van der Waals surface area contributed by atoms with Gasteiger partial charge in [-0.2, -0.15) is 0 Å². The molecule has 0 heterocycles. The number of halogens is 1. The van der Waals surface area contributed by atoms with E-state index in [0.29, 0.717) is 23.5 Å². The molecule has 130 valence electrons. The largest absolute Gasteiger partial charge is 0.322 e. The van der Waals surface area contributed by atoms with Gasteiger partial charge in [0.05, 0.1) is 0 Å². The van der Waals surface area contributed by atoms with E-state index in [1.807, 2.05) is 6.07 Å². The van der Waals surface area contributed by atoms with Gasteiger partial charge in [0.1, 0.15) is 13.0 Å². The molecule has 0 unspecified atom stereocenters. The molecule has 0 amide bonds. The van der Waals surface area contributed by atoms with Gasteiger partial charge in [-0.05, 0) is 17.7 Å². The van der Waals surface area contributed by atoms with E-state index in [4.69, 9.17) is 0 Å². The lowest BCUT2D eigenvalue weighted by Gasteiger charge is -2.26. The number of carbonyl (C=O) groups is 1. The minimum atomic E-state index is -2.82. The molecule has 0 spiro atoms. The van der Waals surface area contributed by atoms with E-state index in [9.17, 15) is 13.8 Å². The third kappa shape index (κ3) is 4.87. The highest BCUT2D eigenvalue weighted by molar-refractivity contribution is 7.64. The van der Waals surface area contributed by atoms with Crippen molar-refractivity contribution in [3.63, 3.8) is 0 Å². The molecule has 2 aromatic carbocycles. The Morgan fingerprint density at radius 2 is 1.56 bits per heavy atom. The van der Waals surface area contributed by atoms with E-state index in [2.05, 4.69) is 13.2 Å². The molecule has 0 aromatic heterocycles. The number of carbonyl (C=O) groups excluding carboxylic acids is 1. The van der Waals surface area contributed by atoms with Gasteiger partial charge in [0.25, 0.3) is 0 Å². The van der Waals surface area contributed by atoms with Gasteiger partial charge in [-0.25, -0.2) is 4.39 Å². The van der Waals surface area contributed by atoms with Crippen LogP contribution < -0.4 is 0 Å². The van der Waals surface area contributed by atoms with E-state index in [0.717, 1.165) is 0 Å². The predicted molar refractivity (Wildman–Crippen MR) is 102 cm³/mol. The van der Waals surface area contributed by atoms with E-state index in [-0.39, 0.29) is 18.0 Å². The predicted octanol–water partition coefficient (Wildman–Crippen LogP) is 5.87. The molecule has 0 saturated carbocycles. The fourth-order valence-corrected chi connectivity index (χ4v) is 5.67. The van der Waals surface area contributed by atoms with Crippen molar-refractivity contribution in [3.8, 4) is 0 Å². The lowest BCUT2D eigenvalue weighted by Crippen LogP contribution is -2.11. The number of Topliss-reactive ketones (excluding diaryl/α,β-unsaturated/α-hetero) is 1. The van der Waals surface area contributed by atoms with Gasteiger partial charge < -0.3 is 4.57 Å². The summed E-state index contributed by atoms with van der Waals surface area (Å²) in [6.45, 7) is 7.41. The highest BCUT2D eigenvalue weighted by Gasteiger charge is 2.34. The first-order valence-electron chi connectivity index (χ1n) is 8.13. The lowest BCUT2D eigenvalue weighted by atomic mass is 10.0. The number of rotatable bonds is 9. The third-order valence-corrected chi connectivity index (χ3v) is 7.54. The molecular weight excluding hydrogens is 334 g/mol. The summed E-state index contributed by atoms with van der Waals surface area (Å²) in [5.74, 6) is -0.442. The van der Waals surface area contributed by atoms with Crippen LogP contribution >= 0.6 is 7.14 Å². The average Bonchev–Trinajstić information content (AvgIpc) is 2.61. The van der Waals surface area contributed by atoms with Crippen LogP contribution in [-0.4, -0.2) is 18.1 Å². The van der Waals surface area contributed by atoms with Crippen LogP contribution in [0.2, 0.25) is 0 Å². The molecule has 0 aliphatic heterocycles. The van der Waals surface area contributed by atoms with Crippen LogP contribution in [0.3, 0.4) is 0 Å². The first kappa shape index (κ1) is 19.1. The Morgan fingerprint density at radius 1 is 1.00 bits per heavy atom. The number of hydrogen-bond acceptors (Lipinski definition) is 2. The molecule has 0 bridgehead atoms. The average molecular weight is 356 g/mol. The molecule has 0 N–H and O–H groups in total. The summed E-state index contributed by atoms with van der Waals surface area (Å²) < 4.78 is 26.9. The van der Waals surface area contributed by atoms with Gasteiger partial charge in [0, 0.05) is 30.0 Å². The number of benzene rings is 2. The van der Waals surface area contributed by atoms with E-state index in [1.165, 1.54) is 12.1 Å². The molecule has 0 aliphatic carbocycles. The summed E-state index contributed by atoms with van der Waals surface area (Å²) in [6, 6.07) is 14.8. The first-order chi connectivity index (χ1) is 12.0. The van der Waals surface area contributed by atoms with Crippen LogP contribution in [0.25, 0.3) is 0 Å². The zero-order chi connectivity index (χ0) is 18.3. The lowest BCUT2D eigenvalue weighted by molar-refractivity contribution is 0.0980. The van der Waals surface area contributed by atoms with Crippen molar-refractivity contribution >= 4 is 12.9 Å². The summed E-state index contributed by atoms with van der Waals surface area (Å²) in [6.07, 6.45) is 3.96. The van der Waals surface area contributed by atoms with Gasteiger partial charge >= 0.3 is 0 Å². The summed E-state index contributed by atoms with van der Waals surface area (Å²) in [7, 11) is -2.82. The Balaban J connectivity index is 2.42. The molecular formula is C21H22FO2P. The standard InChI is InChI=1S/C21H22FO2P/c1-3-14-25(24,15-4-2)21(18-10-12-19(22)13-11-18)16-20(23)17-8-6-5-7-9-17/h3-13,21H,1-2,14-16H2/t21-/m0/s1. The normalized spacial score (nSPS) is 12.4. The van der Waals surface area contributed by atoms with Gasteiger partial charge in [0.2, 0.25) is 0 Å². The maximum atomic E-state index is 13.6. The fraction of sp³-hybridized carbons (Fsp3) is 0.190. The Labute approximate surface area is 148 Å². The highest BCUT2D eigenvalue weighted by Crippen LogP contribution is 2.60. The van der Waals surface area contributed by atoms with E-state index in [1.54, 1.807) is 48.6 Å². The molecule has 0 saturated heterocycles. The van der Waals surface area contributed by atoms with Crippen LogP contribution in [0.5, 0.6) is 0 Å². The van der Waals surface area contributed by atoms with Gasteiger partial charge in [-0.15, -0.1) is 13.2 Å². The van der Waals surface area contributed by atoms with Crippen molar-refractivity contribution in [1.29, 1.82) is 0 Å². The Bertz CT molecular complexity index is 767. The quantitative estimate of drug-likeness (QED) is 0.320. The van der Waals surface area contributed by atoms with Gasteiger partial charge in [-0.3, -0.25) is 4.79 Å². The Kier molecular flexibility index (Phi) is 6.66. The van der Waals surface area contributed by atoms with Crippen molar-refractivity contribution < 1.29 is 13.8 Å². The molecule has 1 atom stereocenters. The second-order valence-corrected chi connectivity index (χ2v) is 9.21. The fourth-order valence-electron chi connectivity index (χ4n) is 2.92. The van der Waals surface area contributed by atoms with E-state index < -0.39 is 12.8 Å². The topological polar surface area (TPSA) is 34.1 Å². The highest BCUT2D eigenvalue weighted by atomic mass is 31.2. The first-order valence-corrected chi connectivity index (χ1v) is 10.3. The Hall–Kier alpha value is -2.25. The summed E-state index contributed by atoms with van der Waals surface area (Å²) >= 11 is 0. The van der Waals surface area contributed by atoms with Crippen molar-refractivity contribution in [3.05, 3.63) is 96.9 Å². The van der Waals surface area contributed by atoms with Crippen molar-refractivity contribution in [2.24, 2.45) is 0 Å². The maximum Gasteiger partial charge on any atom is 0.163 e. The van der Waals surface area contributed by atoms with E-state index >= 15 is 0 Å². The molecule has 2 nitrogen and oxygen atoms in total. The molecule has 0 fully saturated rings. The summed E-state index contributed by atoms with van der Waals surface area (Å²) in [4.78, 5) is 12.7. The zero-order valence-corrected chi connectivity index (χ0v) is 15.0. The minimum Gasteiger partial charge on any atom is -0.322 e. The molecule has 0 aliphatic rings. The van der Waals surface area contributed by atoms with Crippen molar-refractivity contribution in [1.82, 2.24) is 0 Å². The molecule has 2 aromatic rings. The van der Waals surface area contributed by atoms with Crippen molar-refractivity contribution in [2.75, 3.05) is 12.3 Å². The SMILES string of the molecule is C=CCP(=O)(CC=C)[C@@H](CC(=O)c1ccccc1)c1ccc(F)cc1. The molecule has 0 radical (unpaired) electrons. The summed E-state index contributed by atoms with van der Waals surface area (Å²) in [5.41, 5.74) is 0.799. The van der Waals surface area contributed by atoms with Crippen LogP contribution in [0.15, 0.2) is 79.9 Å². The zero-order valence-electron chi connectivity index (χ0n) is 14.1. The maximum absolute atomic E-state index is 13.6. The smallest absolute Gasteiger partial charge is 0.163 e. The number of allylic oxidation sites excluding steroid dienone is 2.